The number of furan rings is 1. The summed E-state index contributed by atoms with van der Waals surface area (Å²) in [6, 6.07) is 45.9. The Kier molecular flexibility index (Phi) is 5.20. The second-order valence-corrected chi connectivity index (χ2v) is 9.53. The highest BCUT2D eigenvalue weighted by atomic mass is 35.5. The molecule has 0 fully saturated rings. The fourth-order valence-corrected chi connectivity index (χ4v) is 5.43. The van der Waals surface area contributed by atoms with Gasteiger partial charge in [0.05, 0.1) is 16.1 Å². The largest absolute Gasteiger partial charge is 0.455 e. The van der Waals surface area contributed by atoms with Crippen molar-refractivity contribution in [2.24, 2.45) is 0 Å². The fraction of sp³-hybridized carbons (Fsp3) is 0. The van der Waals surface area contributed by atoms with Crippen molar-refractivity contribution in [2.45, 2.75) is 0 Å². The second-order valence-electron chi connectivity index (χ2n) is 9.12. The van der Waals surface area contributed by atoms with Crippen LogP contribution in [-0.2, 0) is 0 Å². The molecule has 1 aromatic heterocycles. The highest BCUT2D eigenvalue weighted by Crippen LogP contribution is 2.47. The third-order valence-electron chi connectivity index (χ3n) is 6.92. The van der Waals surface area contributed by atoms with Gasteiger partial charge in [0, 0.05) is 22.1 Å². The van der Waals surface area contributed by atoms with Crippen LogP contribution >= 0.6 is 11.6 Å². The zero-order valence-corrected chi connectivity index (χ0v) is 20.7. The quantitative estimate of drug-likeness (QED) is 0.241. The average Bonchev–Trinajstić information content (AvgIpc) is 3.35. The van der Waals surface area contributed by atoms with Crippen molar-refractivity contribution in [1.82, 2.24) is 0 Å². The summed E-state index contributed by atoms with van der Waals surface area (Å²) in [6.45, 7) is 0. The van der Waals surface area contributed by atoms with Crippen LogP contribution in [0.4, 0.5) is 17.1 Å². The van der Waals surface area contributed by atoms with Gasteiger partial charge in [0.25, 0.3) is 0 Å². The Labute approximate surface area is 220 Å². The predicted molar refractivity (Wildman–Crippen MR) is 156 cm³/mol. The summed E-state index contributed by atoms with van der Waals surface area (Å²) in [5.41, 5.74) is 7.01. The standard InChI is InChI=1S/C34H22ClNO/c35-30-21-22-31-32(29-20-17-25-11-7-8-14-28(25)34(29)37-31)33(30)36(26-12-5-2-6-13-26)27-18-15-24(16-19-27)23-9-3-1-4-10-23/h1-22H. The Balaban J connectivity index is 1.49. The molecule has 0 aliphatic rings. The van der Waals surface area contributed by atoms with E-state index in [-0.39, 0.29) is 0 Å². The first kappa shape index (κ1) is 21.7. The average molecular weight is 496 g/mol. The molecule has 0 unspecified atom stereocenters. The van der Waals surface area contributed by atoms with Gasteiger partial charge < -0.3 is 9.32 Å². The van der Waals surface area contributed by atoms with Crippen molar-refractivity contribution < 1.29 is 4.42 Å². The lowest BCUT2D eigenvalue weighted by Gasteiger charge is -2.27. The number of benzene rings is 6. The third kappa shape index (κ3) is 3.66. The van der Waals surface area contributed by atoms with Crippen molar-refractivity contribution in [1.29, 1.82) is 0 Å². The lowest BCUT2D eigenvalue weighted by Crippen LogP contribution is -2.10. The van der Waals surface area contributed by atoms with Gasteiger partial charge in [-0.2, -0.15) is 0 Å². The summed E-state index contributed by atoms with van der Waals surface area (Å²) in [7, 11) is 0. The molecule has 0 N–H and O–H groups in total. The van der Waals surface area contributed by atoms with E-state index in [0.717, 1.165) is 49.8 Å². The van der Waals surface area contributed by atoms with E-state index >= 15 is 0 Å². The van der Waals surface area contributed by atoms with Crippen LogP contribution in [0, 0.1) is 0 Å². The van der Waals surface area contributed by atoms with E-state index in [1.54, 1.807) is 0 Å². The lowest BCUT2D eigenvalue weighted by molar-refractivity contribution is 0.672. The highest BCUT2D eigenvalue weighted by Gasteiger charge is 2.23. The van der Waals surface area contributed by atoms with Crippen molar-refractivity contribution in [3.63, 3.8) is 0 Å². The van der Waals surface area contributed by atoms with E-state index in [4.69, 9.17) is 16.0 Å². The van der Waals surface area contributed by atoms with Crippen molar-refractivity contribution in [3.05, 3.63) is 138 Å². The zero-order chi connectivity index (χ0) is 24.8. The molecule has 0 aliphatic heterocycles. The number of hydrogen-bond donors (Lipinski definition) is 0. The molecule has 37 heavy (non-hydrogen) atoms. The minimum absolute atomic E-state index is 0.666. The number of nitrogens with zero attached hydrogens (tertiary/aromatic N) is 1. The van der Waals surface area contributed by atoms with E-state index < -0.39 is 0 Å². The summed E-state index contributed by atoms with van der Waals surface area (Å²) < 4.78 is 6.47. The highest BCUT2D eigenvalue weighted by molar-refractivity contribution is 6.37. The zero-order valence-electron chi connectivity index (χ0n) is 19.9. The summed E-state index contributed by atoms with van der Waals surface area (Å²) in [4.78, 5) is 2.23. The van der Waals surface area contributed by atoms with Gasteiger partial charge in [-0.25, -0.2) is 0 Å². The number of anilines is 3. The summed E-state index contributed by atoms with van der Waals surface area (Å²) in [5.74, 6) is 0. The van der Waals surface area contributed by atoms with Crippen molar-refractivity contribution in [3.8, 4) is 11.1 Å². The number of para-hydroxylation sites is 1. The van der Waals surface area contributed by atoms with Crippen LogP contribution < -0.4 is 4.90 Å². The van der Waals surface area contributed by atoms with Gasteiger partial charge in [0.2, 0.25) is 0 Å². The molecular weight excluding hydrogens is 474 g/mol. The number of rotatable bonds is 4. The monoisotopic (exact) mass is 495 g/mol. The van der Waals surface area contributed by atoms with Crippen LogP contribution in [0.3, 0.4) is 0 Å². The van der Waals surface area contributed by atoms with Crippen molar-refractivity contribution >= 4 is 61.4 Å². The molecule has 176 valence electrons. The summed E-state index contributed by atoms with van der Waals surface area (Å²) in [5, 5.41) is 4.96. The molecule has 0 amide bonds. The lowest BCUT2D eigenvalue weighted by atomic mass is 10.0. The van der Waals surface area contributed by atoms with E-state index in [1.165, 1.54) is 11.1 Å². The molecule has 0 bridgehead atoms. The Morgan fingerprint density at radius 1 is 0.514 bits per heavy atom. The van der Waals surface area contributed by atoms with Gasteiger partial charge in [-0.05, 0) is 59.0 Å². The molecule has 3 heteroatoms. The fourth-order valence-electron chi connectivity index (χ4n) is 5.19. The number of halogens is 1. The normalized spacial score (nSPS) is 11.4. The minimum Gasteiger partial charge on any atom is -0.455 e. The second kappa shape index (κ2) is 8.85. The van der Waals surface area contributed by atoms with Gasteiger partial charge in [-0.15, -0.1) is 0 Å². The van der Waals surface area contributed by atoms with Crippen LogP contribution in [-0.4, -0.2) is 0 Å². The molecule has 0 saturated carbocycles. The van der Waals surface area contributed by atoms with Gasteiger partial charge in [0.1, 0.15) is 11.2 Å². The Hall–Kier alpha value is -4.53. The molecular formula is C34H22ClNO. The Morgan fingerprint density at radius 3 is 1.95 bits per heavy atom. The SMILES string of the molecule is Clc1ccc2oc3c4ccccc4ccc3c2c1N(c1ccccc1)c1ccc(-c2ccccc2)cc1. The van der Waals surface area contributed by atoms with Crippen LogP contribution in [0.1, 0.15) is 0 Å². The van der Waals surface area contributed by atoms with Gasteiger partial charge >= 0.3 is 0 Å². The van der Waals surface area contributed by atoms with Gasteiger partial charge in [0.15, 0.2) is 0 Å². The third-order valence-corrected chi connectivity index (χ3v) is 7.23. The van der Waals surface area contributed by atoms with E-state index in [1.807, 2.05) is 30.3 Å². The van der Waals surface area contributed by atoms with E-state index in [9.17, 15) is 0 Å². The van der Waals surface area contributed by atoms with E-state index in [0.29, 0.717) is 5.02 Å². The first-order valence-electron chi connectivity index (χ1n) is 12.3. The molecule has 0 atom stereocenters. The molecule has 7 rings (SSSR count). The van der Waals surface area contributed by atoms with Gasteiger partial charge in [-0.1, -0.05) is 103 Å². The molecule has 0 radical (unpaired) electrons. The molecule has 1 heterocycles. The Bertz CT molecular complexity index is 1870. The smallest absolute Gasteiger partial charge is 0.143 e. The first-order valence-corrected chi connectivity index (χ1v) is 12.7. The molecule has 6 aromatic carbocycles. The van der Waals surface area contributed by atoms with E-state index in [2.05, 4.69) is 108 Å². The molecule has 2 nitrogen and oxygen atoms in total. The van der Waals surface area contributed by atoms with Crippen LogP contribution in [0.2, 0.25) is 5.02 Å². The minimum atomic E-state index is 0.666. The maximum atomic E-state index is 7.02. The number of fused-ring (bicyclic) bond motifs is 5. The molecule has 0 aliphatic carbocycles. The van der Waals surface area contributed by atoms with Crippen LogP contribution in [0.5, 0.6) is 0 Å². The number of hydrogen-bond acceptors (Lipinski definition) is 2. The topological polar surface area (TPSA) is 16.4 Å². The maximum absolute atomic E-state index is 7.02. The first-order chi connectivity index (χ1) is 18.3. The predicted octanol–water partition coefficient (Wildman–Crippen LogP) is 10.5. The van der Waals surface area contributed by atoms with Crippen molar-refractivity contribution in [2.75, 3.05) is 4.90 Å². The molecule has 0 spiro atoms. The van der Waals surface area contributed by atoms with Gasteiger partial charge in [-0.3, -0.25) is 0 Å². The van der Waals surface area contributed by atoms with Crippen LogP contribution in [0.15, 0.2) is 138 Å². The maximum Gasteiger partial charge on any atom is 0.143 e. The summed E-state index contributed by atoms with van der Waals surface area (Å²) >= 11 is 7.02. The summed E-state index contributed by atoms with van der Waals surface area (Å²) in [6.07, 6.45) is 0. The van der Waals surface area contributed by atoms with Crippen LogP contribution in [0.25, 0.3) is 43.8 Å². The molecule has 7 aromatic rings. The molecule has 0 saturated heterocycles. The Morgan fingerprint density at radius 2 is 1.16 bits per heavy atom.